The van der Waals surface area contributed by atoms with E-state index in [2.05, 4.69) is 41.1 Å². The number of hydrogen-bond acceptors (Lipinski definition) is 12. The van der Waals surface area contributed by atoms with Gasteiger partial charge in [-0.1, -0.05) is 12.8 Å². The van der Waals surface area contributed by atoms with Crippen molar-refractivity contribution >= 4 is 22.9 Å². The number of carbonyl (C=O) groups excluding carboxylic acids is 1. The Morgan fingerprint density at radius 2 is 1.66 bits per heavy atom. The second kappa shape index (κ2) is 14.6. The van der Waals surface area contributed by atoms with Gasteiger partial charge in [0.25, 0.3) is 5.91 Å². The van der Waals surface area contributed by atoms with Crippen LogP contribution in [-0.4, -0.2) is 124 Å². The van der Waals surface area contributed by atoms with Crippen molar-refractivity contribution < 1.29 is 19.7 Å². The summed E-state index contributed by atoms with van der Waals surface area (Å²) >= 11 is 0. The molecule has 4 rings (SSSR count). The van der Waals surface area contributed by atoms with Crippen molar-refractivity contribution in [1.29, 1.82) is 0 Å². The van der Waals surface area contributed by atoms with Gasteiger partial charge in [0, 0.05) is 58.9 Å². The summed E-state index contributed by atoms with van der Waals surface area (Å²) < 4.78 is 7.20. The van der Waals surface area contributed by atoms with E-state index < -0.39 is 30.4 Å². The molecule has 8 N–H and O–H groups in total. The molecular weight excluding hydrogens is 492 g/mol. The maximum Gasteiger partial charge on any atom is 0.252 e. The monoisotopic (exact) mass is 534 g/mol. The van der Waals surface area contributed by atoms with Gasteiger partial charge in [0.1, 0.15) is 24.1 Å². The van der Waals surface area contributed by atoms with Crippen LogP contribution in [0.1, 0.15) is 31.9 Å². The van der Waals surface area contributed by atoms with Crippen LogP contribution < -0.4 is 27.0 Å². The molecular formula is C24H42N10O4. The van der Waals surface area contributed by atoms with E-state index in [9.17, 15) is 15.0 Å². The molecule has 4 heterocycles. The minimum Gasteiger partial charge on any atom is -0.387 e. The zero-order valence-electron chi connectivity index (χ0n) is 21.9. The average molecular weight is 535 g/mol. The Morgan fingerprint density at radius 3 is 2.39 bits per heavy atom. The fourth-order valence-corrected chi connectivity index (χ4v) is 4.83. The Kier molecular flexibility index (Phi) is 11.0. The molecule has 0 radical (unpaired) electrons. The highest BCUT2D eigenvalue weighted by Gasteiger charge is 2.47. The topological polar surface area (TPSA) is 188 Å². The predicted molar refractivity (Wildman–Crippen MR) is 142 cm³/mol. The first-order valence-electron chi connectivity index (χ1n) is 13.6. The lowest BCUT2D eigenvalue weighted by molar-refractivity contribution is -0.137. The first kappa shape index (κ1) is 28.5. The van der Waals surface area contributed by atoms with E-state index in [4.69, 9.17) is 10.5 Å². The largest absolute Gasteiger partial charge is 0.387 e. The summed E-state index contributed by atoms with van der Waals surface area (Å²) in [7, 11) is 0. The van der Waals surface area contributed by atoms with Crippen LogP contribution in [-0.2, 0) is 9.53 Å². The average Bonchev–Trinajstić information content (AvgIpc) is 3.46. The third kappa shape index (κ3) is 7.56. The van der Waals surface area contributed by atoms with Gasteiger partial charge >= 0.3 is 0 Å². The Labute approximate surface area is 222 Å². The Hall–Kier alpha value is -2.46. The van der Waals surface area contributed by atoms with Crippen LogP contribution >= 0.6 is 0 Å². The Bertz CT molecular complexity index is 996. The van der Waals surface area contributed by atoms with Crippen molar-refractivity contribution in [3.05, 3.63) is 12.7 Å². The molecule has 14 nitrogen and oxygen atoms in total. The molecule has 1 amide bonds. The lowest BCUT2D eigenvalue weighted by atomic mass is 10.1. The van der Waals surface area contributed by atoms with Crippen LogP contribution in [0.4, 0.5) is 5.82 Å². The number of fused-ring (bicyclic) bond motifs is 1. The summed E-state index contributed by atoms with van der Waals surface area (Å²) in [6.07, 6.45) is 1.79. The number of nitrogens with two attached hydrogens (primary N) is 1. The van der Waals surface area contributed by atoms with Gasteiger partial charge < -0.3 is 46.9 Å². The van der Waals surface area contributed by atoms with Gasteiger partial charge in [0.05, 0.1) is 6.33 Å². The van der Waals surface area contributed by atoms with Gasteiger partial charge in [-0.3, -0.25) is 9.36 Å². The maximum atomic E-state index is 12.7. The molecule has 0 spiro atoms. The molecule has 2 fully saturated rings. The molecule has 2 aromatic heterocycles. The van der Waals surface area contributed by atoms with Crippen molar-refractivity contribution in [3.8, 4) is 0 Å². The van der Waals surface area contributed by atoms with Crippen molar-refractivity contribution in [2.45, 2.75) is 50.2 Å². The normalized spacial score (nSPS) is 26.2. The van der Waals surface area contributed by atoms with E-state index in [0.717, 1.165) is 84.6 Å². The fraction of sp³-hybridized carbons (Fsp3) is 0.750. The van der Waals surface area contributed by atoms with Gasteiger partial charge in [0.2, 0.25) is 0 Å². The number of aliphatic hydroxyl groups excluding tert-OH is 2. The maximum absolute atomic E-state index is 12.7. The summed E-state index contributed by atoms with van der Waals surface area (Å²) in [6, 6.07) is 0. The molecule has 2 aromatic rings. The zero-order chi connectivity index (χ0) is 26.7. The van der Waals surface area contributed by atoms with E-state index in [1.54, 1.807) is 0 Å². The Morgan fingerprint density at radius 1 is 0.974 bits per heavy atom. The van der Waals surface area contributed by atoms with Gasteiger partial charge in [-0.2, -0.15) is 0 Å². The van der Waals surface area contributed by atoms with E-state index in [0.29, 0.717) is 17.7 Å². The number of ether oxygens (including phenoxy) is 1. The van der Waals surface area contributed by atoms with Crippen LogP contribution in [0.3, 0.4) is 0 Å². The van der Waals surface area contributed by atoms with Crippen LogP contribution in [0.15, 0.2) is 12.7 Å². The molecule has 0 aromatic carbocycles. The number of nitrogens with one attached hydrogen (secondary N) is 4. The highest BCUT2D eigenvalue weighted by molar-refractivity contribution is 5.82. The van der Waals surface area contributed by atoms with Crippen LogP contribution in [0, 0.1) is 0 Å². The first-order chi connectivity index (χ1) is 18.6. The number of anilines is 1. The number of aliphatic hydroxyl groups is 2. The summed E-state index contributed by atoms with van der Waals surface area (Å²) in [5.74, 6) is -0.256. The summed E-state index contributed by atoms with van der Waals surface area (Å²) in [5.41, 5.74) is 6.54. The fourth-order valence-electron chi connectivity index (χ4n) is 4.83. The van der Waals surface area contributed by atoms with Crippen molar-refractivity contribution in [3.63, 3.8) is 0 Å². The second-order valence-electron chi connectivity index (χ2n) is 9.81. The van der Waals surface area contributed by atoms with Crippen molar-refractivity contribution in [2.24, 2.45) is 0 Å². The van der Waals surface area contributed by atoms with Crippen LogP contribution in [0.25, 0.3) is 11.2 Å². The highest BCUT2D eigenvalue weighted by Crippen LogP contribution is 2.32. The molecule has 2 aliphatic heterocycles. The summed E-state index contributed by atoms with van der Waals surface area (Å²) in [4.78, 5) is 27.4. The zero-order valence-corrected chi connectivity index (χ0v) is 21.9. The molecule has 0 saturated carbocycles. The molecule has 2 saturated heterocycles. The van der Waals surface area contributed by atoms with Crippen molar-refractivity contribution in [2.75, 3.05) is 71.2 Å². The number of imidazole rings is 1. The number of nitrogens with zero attached hydrogens (tertiary/aromatic N) is 5. The van der Waals surface area contributed by atoms with Gasteiger partial charge in [0.15, 0.2) is 23.8 Å². The lowest BCUT2D eigenvalue weighted by Gasteiger charge is -2.23. The number of nitrogen functional groups attached to an aromatic ring is 1. The van der Waals surface area contributed by atoms with Gasteiger partial charge in [-0.25, -0.2) is 15.0 Å². The van der Waals surface area contributed by atoms with E-state index >= 15 is 0 Å². The smallest absolute Gasteiger partial charge is 0.252 e. The minimum absolute atomic E-state index is 0.196. The molecule has 1 unspecified atom stereocenters. The minimum atomic E-state index is -1.38. The summed E-state index contributed by atoms with van der Waals surface area (Å²) in [6.45, 7) is 9.61. The van der Waals surface area contributed by atoms with Gasteiger partial charge in [-0.15, -0.1) is 0 Å². The molecule has 38 heavy (non-hydrogen) atoms. The van der Waals surface area contributed by atoms with Gasteiger partial charge in [-0.05, 0) is 19.4 Å². The Balaban J connectivity index is 1.14. The number of rotatable bonds is 9. The molecule has 4 atom stereocenters. The number of hydrogen-bond donors (Lipinski definition) is 7. The highest BCUT2D eigenvalue weighted by atomic mass is 16.6. The predicted octanol–water partition coefficient (Wildman–Crippen LogP) is -2.21. The third-order valence-corrected chi connectivity index (χ3v) is 7.03. The number of unbranched alkanes of at least 4 members (excludes halogenated alkanes) is 3. The van der Waals surface area contributed by atoms with Crippen LogP contribution in [0.2, 0.25) is 0 Å². The second-order valence-corrected chi connectivity index (χ2v) is 9.81. The lowest BCUT2D eigenvalue weighted by Crippen LogP contribution is -2.43. The number of aromatic nitrogens is 4. The van der Waals surface area contributed by atoms with Crippen molar-refractivity contribution in [1.82, 2.24) is 45.7 Å². The van der Waals surface area contributed by atoms with Crippen LogP contribution in [0.5, 0.6) is 0 Å². The SMILES string of the molecule is Nc1ncnc2c1ncn2C1O[C@H](C(=O)NCCCCCCN2CCNCCNCCNCC2)[C@@H](O)[C@H]1O. The molecule has 14 heteroatoms. The third-order valence-electron chi connectivity index (χ3n) is 7.03. The molecule has 0 aliphatic carbocycles. The molecule has 2 aliphatic rings. The number of amides is 1. The standard InChI is InChI=1S/C24H42N10O4/c25-21-17-22(31-15-30-21)34(16-32-17)24-19(36)18(35)20(38-24)23(37)29-5-3-1-2-4-12-33-13-10-27-8-6-26-7-9-28-11-14-33/h15-16,18-20,24,26-28,35-36H,1-14H2,(H,29,37)(H2,25,30,31)/t18-,19+,20-,24?/m0/s1. The quantitative estimate of drug-likeness (QED) is 0.172. The molecule has 0 bridgehead atoms. The first-order valence-corrected chi connectivity index (χ1v) is 13.6. The summed E-state index contributed by atoms with van der Waals surface area (Å²) in [5, 5.41) is 34.2. The van der Waals surface area contributed by atoms with E-state index in [1.807, 2.05) is 0 Å². The number of carbonyl (C=O) groups is 1. The van der Waals surface area contributed by atoms with E-state index in [-0.39, 0.29) is 5.82 Å². The molecule has 212 valence electrons. The van der Waals surface area contributed by atoms with E-state index in [1.165, 1.54) is 17.2 Å².